The van der Waals surface area contributed by atoms with Crippen LogP contribution < -0.4 is 0 Å². The molecule has 2 aromatic heterocycles. The maximum atomic E-state index is 12.8. The second kappa shape index (κ2) is 6.15. The van der Waals surface area contributed by atoms with Crippen molar-refractivity contribution < 1.29 is 4.39 Å². The number of halogens is 1. The number of benzene rings is 1. The van der Waals surface area contributed by atoms with E-state index in [2.05, 4.69) is 9.97 Å². The van der Waals surface area contributed by atoms with Crippen LogP contribution in [0.3, 0.4) is 0 Å². The number of hydrogen-bond donors (Lipinski definition) is 0. The number of rotatable bonds is 4. The average Bonchev–Trinajstić information content (AvgIpc) is 2.97. The predicted octanol–water partition coefficient (Wildman–Crippen LogP) is 4.64. The molecule has 3 aromatic rings. The topological polar surface area (TPSA) is 25.8 Å². The number of hydrogen-bond acceptors (Lipinski definition) is 4. The van der Waals surface area contributed by atoms with E-state index >= 15 is 0 Å². The maximum Gasteiger partial charge on any atom is 0.142 e. The lowest BCUT2D eigenvalue weighted by molar-refractivity contribution is 0.626. The summed E-state index contributed by atoms with van der Waals surface area (Å²) >= 11 is 3.24. The van der Waals surface area contributed by atoms with Gasteiger partial charge in [0.05, 0.1) is 11.4 Å². The highest BCUT2D eigenvalue weighted by Gasteiger charge is 2.06. The van der Waals surface area contributed by atoms with Crippen LogP contribution in [-0.2, 0) is 5.75 Å². The Balaban J connectivity index is 1.67. The van der Waals surface area contributed by atoms with Crippen molar-refractivity contribution in [3.63, 3.8) is 0 Å². The third-order valence-corrected chi connectivity index (χ3v) is 4.60. The van der Waals surface area contributed by atoms with Gasteiger partial charge in [0, 0.05) is 22.2 Å². The molecular formula is C15H11FN2S2. The van der Waals surface area contributed by atoms with E-state index in [0.29, 0.717) is 0 Å². The van der Waals surface area contributed by atoms with Crippen molar-refractivity contribution in [1.29, 1.82) is 0 Å². The zero-order chi connectivity index (χ0) is 13.8. The Morgan fingerprint density at radius 1 is 1.10 bits per heavy atom. The van der Waals surface area contributed by atoms with Gasteiger partial charge in [-0.1, -0.05) is 6.07 Å². The smallest absolute Gasteiger partial charge is 0.142 e. The normalized spacial score (nSPS) is 10.7. The van der Waals surface area contributed by atoms with Crippen LogP contribution in [0.25, 0.3) is 10.7 Å². The van der Waals surface area contributed by atoms with Gasteiger partial charge in [0.25, 0.3) is 0 Å². The van der Waals surface area contributed by atoms with Gasteiger partial charge in [-0.3, -0.25) is 4.98 Å². The van der Waals surface area contributed by atoms with Gasteiger partial charge in [-0.15, -0.1) is 23.1 Å². The molecule has 0 aliphatic rings. The minimum atomic E-state index is -0.208. The summed E-state index contributed by atoms with van der Waals surface area (Å²) in [5, 5.41) is 2.97. The van der Waals surface area contributed by atoms with Gasteiger partial charge in [-0.2, -0.15) is 0 Å². The first-order valence-electron chi connectivity index (χ1n) is 6.05. The average molecular weight is 302 g/mol. The molecule has 1 aromatic carbocycles. The minimum absolute atomic E-state index is 0.208. The van der Waals surface area contributed by atoms with E-state index in [1.807, 2.05) is 23.6 Å². The predicted molar refractivity (Wildman–Crippen MR) is 81.3 cm³/mol. The van der Waals surface area contributed by atoms with Crippen LogP contribution in [0.1, 0.15) is 5.69 Å². The van der Waals surface area contributed by atoms with Gasteiger partial charge in [-0.25, -0.2) is 9.37 Å². The second-order valence-electron chi connectivity index (χ2n) is 4.10. The van der Waals surface area contributed by atoms with E-state index in [4.69, 9.17) is 0 Å². The molecule has 0 radical (unpaired) electrons. The summed E-state index contributed by atoms with van der Waals surface area (Å²) in [5.41, 5.74) is 1.92. The third-order valence-electron chi connectivity index (χ3n) is 2.64. The summed E-state index contributed by atoms with van der Waals surface area (Å²) in [5.74, 6) is 0.565. The van der Waals surface area contributed by atoms with E-state index in [1.165, 1.54) is 12.1 Å². The van der Waals surface area contributed by atoms with Gasteiger partial charge < -0.3 is 0 Å². The molecule has 0 fully saturated rings. The van der Waals surface area contributed by atoms with E-state index in [1.54, 1.807) is 41.4 Å². The molecule has 0 aliphatic heterocycles. The Bertz CT molecular complexity index is 681. The van der Waals surface area contributed by atoms with Crippen LogP contribution in [0.2, 0.25) is 0 Å². The van der Waals surface area contributed by atoms with Crippen LogP contribution in [0.4, 0.5) is 4.39 Å². The van der Waals surface area contributed by atoms with Crippen molar-refractivity contribution in [1.82, 2.24) is 9.97 Å². The van der Waals surface area contributed by atoms with Crippen LogP contribution in [0, 0.1) is 5.82 Å². The molecule has 0 spiro atoms. The number of thioether (sulfide) groups is 1. The van der Waals surface area contributed by atoms with Crippen LogP contribution in [-0.4, -0.2) is 9.97 Å². The summed E-state index contributed by atoms with van der Waals surface area (Å²) in [4.78, 5) is 9.90. The molecule has 0 aliphatic carbocycles. The van der Waals surface area contributed by atoms with E-state index in [-0.39, 0.29) is 5.82 Å². The molecule has 2 nitrogen and oxygen atoms in total. The fraction of sp³-hybridized carbons (Fsp3) is 0.0667. The Labute approximate surface area is 124 Å². The molecule has 0 saturated carbocycles. The molecule has 0 unspecified atom stereocenters. The van der Waals surface area contributed by atoms with Crippen molar-refractivity contribution >= 4 is 23.1 Å². The molecule has 0 saturated heterocycles. The number of nitrogens with zero attached hydrogens (tertiary/aromatic N) is 2. The summed E-state index contributed by atoms with van der Waals surface area (Å²) in [6, 6.07) is 12.3. The lowest BCUT2D eigenvalue weighted by atomic mass is 10.4. The molecule has 2 heterocycles. The minimum Gasteiger partial charge on any atom is -0.254 e. The quantitative estimate of drug-likeness (QED) is 0.657. The summed E-state index contributed by atoms with van der Waals surface area (Å²) < 4.78 is 12.8. The summed E-state index contributed by atoms with van der Waals surface area (Å²) in [6.07, 6.45) is 1.77. The first-order valence-corrected chi connectivity index (χ1v) is 7.92. The molecule has 5 heteroatoms. The Kier molecular flexibility index (Phi) is 4.08. The zero-order valence-electron chi connectivity index (χ0n) is 10.5. The lowest BCUT2D eigenvalue weighted by Gasteiger charge is -1.99. The molecule has 20 heavy (non-hydrogen) atoms. The number of pyridine rings is 1. The Morgan fingerprint density at radius 2 is 1.95 bits per heavy atom. The zero-order valence-corrected chi connectivity index (χ0v) is 12.1. The van der Waals surface area contributed by atoms with Crippen molar-refractivity contribution in [3.05, 3.63) is 65.6 Å². The molecule has 0 N–H and O–H groups in total. The molecule has 100 valence electrons. The Morgan fingerprint density at radius 3 is 2.70 bits per heavy atom. The van der Waals surface area contributed by atoms with Crippen molar-refractivity contribution in [2.45, 2.75) is 10.6 Å². The summed E-state index contributed by atoms with van der Waals surface area (Å²) in [6.45, 7) is 0. The monoisotopic (exact) mass is 302 g/mol. The second-order valence-corrected chi connectivity index (χ2v) is 6.01. The van der Waals surface area contributed by atoms with Crippen molar-refractivity contribution in [2.24, 2.45) is 0 Å². The van der Waals surface area contributed by atoms with Crippen LogP contribution in [0.15, 0.2) is 58.9 Å². The first kappa shape index (κ1) is 13.3. The SMILES string of the molecule is Fc1ccc(SCc2csc(-c3ccccn3)n2)cc1. The molecule has 0 amide bonds. The fourth-order valence-corrected chi connectivity index (χ4v) is 3.36. The van der Waals surface area contributed by atoms with Crippen molar-refractivity contribution in [2.75, 3.05) is 0 Å². The molecular weight excluding hydrogens is 291 g/mol. The largest absolute Gasteiger partial charge is 0.254 e. The van der Waals surface area contributed by atoms with Crippen molar-refractivity contribution in [3.8, 4) is 10.7 Å². The lowest BCUT2D eigenvalue weighted by Crippen LogP contribution is -1.84. The number of aromatic nitrogens is 2. The van der Waals surface area contributed by atoms with E-state index < -0.39 is 0 Å². The summed E-state index contributed by atoms with van der Waals surface area (Å²) in [7, 11) is 0. The van der Waals surface area contributed by atoms with Gasteiger partial charge >= 0.3 is 0 Å². The van der Waals surface area contributed by atoms with E-state index in [9.17, 15) is 4.39 Å². The first-order chi connectivity index (χ1) is 9.81. The maximum absolute atomic E-state index is 12.8. The van der Waals surface area contributed by atoms with Gasteiger partial charge in [0.1, 0.15) is 10.8 Å². The molecule has 0 atom stereocenters. The fourth-order valence-electron chi connectivity index (χ4n) is 1.67. The van der Waals surface area contributed by atoms with E-state index in [0.717, 1.165) is 27.0 Å². The molecule has 0 bridgehead atoms. The highest BCUT2D eigenvalue weighted by atomic mass is 32.2. The standard InChI is InChI=1S/C15H11FN2S2/c16-11-4-6-13(7-5-11)19-9-12-10-20-15(18-12)14-3-1-2-8-17-14/h1-8,10H,9H2. The third kappa shape index (κ3) is 3.23. The van der Waals surface area contributed by atoms with Crippen LogP contribution >= 0.6 is 23.1 Å². The number of thiazole rings is 1. The highest BCUT2D eigenvalue weighted by molar-refractivity contribution is 7.98. The molecule has 3 rings (SSSR count). The van der Waals surface area contributed by atoms with Gasteiger partial charge in [0.2, 0.25) is 0 Å². The van der Waals surface area contributed by atoms with Gasteiger partial charge in [-0.05, 0) is 36.4 Å². The van der Waals surface area contributed by atoms with Crippen LogP contribution in [0.5, 0.6) is 0 Å². The highest BCUT2D eigenvalue weighted by Crippen LogP contribution is 2.26. The van der Waals surface area contributed by atoms with Gasteiger partial charge in [0.15, 0.2) is 0 Å². The Hall–Kier alpha value is -1.72.